The van der Waals surface area contributed by atoms with Gasteiger partial charge >= 0.3 is 0 Å². The molecule has 0 saturated carbocycles. The van der Waals surface area contributed by atoms with E-state index < -0.39 is 5.60 Å². The lowest BCUT2D eigenvalue weighted by molar-refractivity contribution is -0.0347. The van der Waals surface area contributed by atoms with Crippen LogP contribution in [-0.2, 0) is 0 Å². The van der Waals surface area contributed by atoms with Gasteiger partial charge in [0.2, 0.25) is 0 Å². The van der Waals surface area contributed by atoms with Crippen LogP contribution in [0, 0.1) is 17.8 Å². The third kappa shape index (κ3) is 3.91. The Hall–Kier alpha value is -1.21. The molecule has 0 amide bonds. The third-order valence-corrected chi connectivity index (χ3v) is 4.61. The molecule has 1 saturated heterocycles. The zero-order valence-corrected chi connectivity index (χ0v) is 13.6. The van der Waals surface area contributed by atoms with Gasteiger partial charge in [0.15, 0.2) is 0 Å². The summed E-state index contributed by atoms with van der Waals surface area (Å²) in [5, 5.41) is 14.6. The monoisotopic (exact) mass is 306 g/mol. The Morgan fingerprint density at radius 3 is 2.86 bits per heavy atom. The largest absolute Gasteiger partial charge is 0.377 e. The van der Waals surface area contributed by atoms with Crippen LogP contribution in [0.2, 0.25) is 5.02 Å². The summed E-state index contributed by atoms with van der Waals surface area (Å²) < 4.78 is 0. The minimum atomic E-state index is -0.895. The van der Waals surface area contributed by atoms with Gasteiger partial charge in [-0.3, -0.25) is 0 Å². The Bertz CT molecular complexity index is 551. The maximum Gasteiger partial charge on any atom is 0.130 e. The van der Waals surface area contributed by atoms with E-state index in [1.54, 1.807) is 0 Å². The van der Waals surface area contributed by atoms with Crippen LogP contribution < -0.4 is 5.32 Å². The molecule has 0 aliphatic carbocycles. The molecule has 0 aromatic heterocycles. The molecule has 0 bridgehead atoms. The van der Waals surface area contributed by atoms with Crippen LogP contribution in [0.25, 0.3) is 0 Å². The molecule has 3 nitrogen and oxygen atoms in total. The lowest BCUT2D eigenvalue weighted by Crippen LogP contribution is -2.52. The number of rotatable bonds is 2. The maximum absolute atomic E-state index is 10.7. The van der Waals surface area contributed by atoms with E-state index in [-0.39, 0.29) is 5.92 Å². The highest BCUT2D eigenvalue weighted by Gasteiger charge is 2.39. The molecular weight excluding hydrogens is 284 g/mol. The normalized spacial score (nSPS) is 29.6. The van der Waals surface area contributed by atoms with Crippen molar-refractivity contribution in [3.8, 4) is 11.8 Å². The van der Waals surface area contributed by atoms with Gasteiger partial charge in [0.1, 0.15) is 5.60 Å². The van der Waals surface area contributed by atoms with Gasteiger partial charge < -0.3 is 15.3 Å². The summed E-state index contributed by atoms with van der Waals surface area (Å²) in [4.78, 5) is 2.27. The summed E-state index contributed by atoms with van der Waals surface area (Å²) in [5.41, 5.74) is -0.0288. The average Bonchev–Trinajstić information content (AvgIpc) is 2.43. The van der Waals surface area contributed by atoms with Crippen molar-refractivity contribution in [2.24, 2.45) is 5.92 Å². The first-order chi connectivity index (χ1) is 9.92. The minimum absolute atomic E-state index is 0.145. The lowest BCUT2D eigenvalue weighted by atomic mass is 9.79. The highest BCUT2D eigenvalue weighted by atomic mass is 35.5. The molecule has 1 aromatic rings. The fraction of sp³-hybridized carbons (Fsp3) is 0.529. The molecule has 1 aliphatic rings. The molecule has 0 radical (unpaired) electrons. The van der Waals surface area contributed by atoms with Crippen molar-refractivity contribution in [3.63, 3.8) is 0 Å². The Balaban J connectivity index is 1.97. The van der Waals surface area contributed by atoms with E-state index in [2.05, 4.69) is 43.0 Å². The molecule has 2 N–H and O–H groups in total. The van der Waals surface area contributed by atoms with Gasteiger partial charge in [0.25, 0.3) is 0 Å². The molecule has 3 unspecified atom stereocenters. The van der Waals surface area contributed by atoms with E-state index in [0.29, 0.717) is 24.0 Å². The van der Waals surface area contributed by atoms with Gasteiger partial charge in [-0.15, -0.1) is 0 Å². The van der Waals surface area contributed by atoms with Crippen LogP contribution in [-0.4, -0.2) is 41.8 Å². The second-order valence-electron chi connectivity index (χ2n) is 5.95. The number of hydrogen-bond acceptors (Lipinski definition) is 3. The number of hydrogen-bond donors (Lipinski definition) is 2. The highest BCUT2D eigenvalue weighted by molar-refractivity contribution is 6.33. The first-order valence-corrected chi connectivity index (χ1v) is 7.71. The topological polar surface area (TPSA) is 35.5 Å². The van der Waals surface area contributed by atoms with Gasteiger partial charge in [0, 0.05) is 24.9 Å². The van der Waals surface area contributed by atoms with Gasteiger partial charge in [-0.2, -0.15) is 0 Å². The van der Waals surface area contributed by atoms with Crippen molar-refractivity contribution < 1.29 is 5.11 Å². The number of anilines is 1. The fourth-order valence-corrected chi connectivity index (χ4v) is 2.89. The second-order valence-corrected chi connectivity index (χ2v) is 6.36. The first kappa shape index (κ1) is 16.2. The minimum Gasteiger partial charge on any atom is -0.377 e. The molecule has 1 aromatic carbocycles. The van der Waals surface area contributed by atoms with E-state index in [4.69, 9.17) is 11.6 Å². The van der Waals surface area contributed by atoms with E-state index in [9.17, 15) is 5.11 Å². The van der Waals surface area contributed by atoms with Gasteiger partial charge in [-0.25, -0.2) is 0 Å². The summed E-state index contributed by atoms with van der Waals surface area (Å²) in [6.45, 7) is 5.52. The maximum atomic E-state index is 10.7. The number of aliphatic hydroxyl groups is 1. The second kappa shape index (κ2) is 6.70. The number of para-hydroxylation sites is 1. The number of halogens is 1. The summed E-state index contributed by atoms with van der Waals surface area (Å²) in [6.07, 6.45) is 0.684. The standard InChI is InChI=1S/C17H23ClN2O/c1-13-12-20(3)14(2)11-17(13,21)9-6-10-19-16-8-5-4-7-15(16)18/h4-5,7-8,13-14,19,21H,10-12H2,1-3H3. The number of nitrogens with zero attached hydrogens (tertiary/aromatic N) is 1. The quantitative estimate of drug-likeness (QED) is 0.825. The molecule has 1 fully saturated rings. The van der Waals surface area contributed by atoms with Crippen molar-refractivity contribution in [2.45, 2.75) is 31.9 Å². The van der Waals surface area contributed by atoms with Gasteiger partial charge in [0.05, 0.1) is 17.3 Å². The van der Waals surface area contributed by atoms with Crippen LogP contribution >= 0.6 is 11.6 Å². The zero-order chi connectivity index (χ0) is 15.5. The fourth-order valence-electron chi connectivity index (χ4n) is 2.69. The lowest BCUT2D eigenvalue weighted by Gasteiger charge is -2.42. The van der Waals surface area contributed by atoms with Crippen LogP contribution in [0.4, 0.5) is 5.69 Å². The molecule has 4 heteroatoms. The third-order valence-electron chi connectivity index (χ3n) is 4.28. The molecule has 1 aliphatic heterocycles. The summed E-state index contributed by atoms with van der Waals surface area (Å²) in [6, 6.07) is 7.92. The number of nitrogens with one attached hydrogen (secondary N) is 1. The highest BCUT2D eigenvalue weighted by Crippen LogP contribution is 2.30. The Morgan fingerprint density at radius 2 is 2.14 bits per heavy atom. The molecular formula is C17H23ClN2O. The van der Waals surface area contributed by atoms with E-state index in [1.807, 2.05) is 24.3 Å². The molecule has 21 heavy (non-hydrogen) atoms. The first-order valence-electron chi connectivity index (χ1n) is 7.33. The Labute approximate surface area is 132 Å². The average molecular weight is 307 g/mol. The van der Waals surface area contributed by atoms with Crippen molar-refractivity contribution in [3.05, 3.63) is 29.3 Å². The summed E-state index contributed by atoms with van der Waals surface area (Å²) in [7, 11) is 2.09. The van der Waals surface area contributed by atoms with E-state index in [0.717, 1.165) is 12.2 Å². The molecule has 2 rings (SSSR count). The molecule has 114 valence electrons. The predicted molar refractivity (Wildman–Crippen MR) is 88.5 cm³/mol. The van der Waals surface area contributed by atoms with Crippen molar-refractivity contribution in [1.29, 1.82) is 0 Å². The summed E-state index contributed by atoms with van der Waals surface area (Å²) >= 11 is 6.07. The van der Waals surface area contributed by atoms with E-state index in [1.165, 1.54) is 0 Å². The zero-order valence-electron chi connectivity index (χ0n) is 12.9. The van der Waals surface area contributed by atoms with Crippen molar-refractivity contribution >= 4 is 17.3 Å². The summed E-state index contributed by atoms with van der Waals surface area (Å²) in [5.74, 6) is 6.26. The molecule has 0 spiro atoms. The van der Waals surface area contributed by atoms with Crippen molar-refractivity contribution in [1.82, 2.24) is 4.90 Å². The van der Waals surface area contributed by atoms with Crippen molar-refractivity contribution in [2.75, 3.05) is 25.5 Å². The molecule has 1 heterocycles. The van der Waals surface area contributed by atoms with E-state index >= 15 is 0 Å². The number of benzene rings is 1. The van der Waals surface area contributed by atoms with Crippen LogP contribution in [0.1, 0.15) is 20.3 Å². The Kier molecular flexibility index (Phi) is 5.16. The number of likely N-dealkylation sites (tertiary alicyclic amines) is 1. The van der Waals surface area contributed by atoms with Crippen LogP contribution in [0.3, 0.4) is 0 Å². The predicted octanol–water partition coefficient (Wildman–Crippen LogP) is 2.85. The number of piperidine rings is 1. The molecule has 3 atom stereocenters. The smallest absolute Gasteiger partial charge is 0.130 e. The Morgan fingerprint density at radius 1 is 1.43 bits per heavy atom. The van der Waals surface area contributed by atoms with Gasteiger partial charge in [-0.1, -0.05) is 42.5 Å². The van der Waals surface area contributed by atoms with Crippen LogP contribution in [0.15, 0.2) is 24.3 Å². The van der Waals surface area contributed by atoms with Crippen LogP contribution in [0.5, 0.6) is 0 Å². The van der Waals surface area contributed by atoms with Gasteiger partial charge in [-0.05, 0) is 26.1 Å². The SMILES string of the molecule is CC1CC(O)(C#CCNc2ccccc2Cl)C(C)CN1C.